The van der Waals surface area contributed by atoms with Gasteiger partial charge in [0, 0.05) is 39.6 Å². The molecule has 7 nitrogen and oxygen atoms in total. The molecule has 2 atom stereocenters. The SMILES string of the molecule is CN(C)C(=O)N1CCC(C(=O)O[C@@H]2CCC[C@H]2n2cccn2)CC1. The third kappa shape index (κ3) is 3.55. The van der Waals surface area contributed by atoms with Crippen molar-refractivity contribution in [2.45, 2.75) is 44.2 Å². The molecule has 2 amide bonds. The Morgan fingerprint density at radius 2 is 1.92 bits per heavy atom. The van der Waals surface area contributed by atoms with Crippen LogP contribution in [0.5, 0.6) is 0 Å². The van der Waals surface area contributed by atoms with Crippen molar-refractivity contribution in [2.75, 3.05) is 27.2 Å². The number of ether oxygens (including phenoxy) is 1. The second-order valence-corrected chi connectivity index (χ2v) is 6.90. The lowest BCUT2D eigenvalue weighted by Gasteiger charge is -2.33. The number of rotatable bonds is 3. The summed E-state index contributed by atoms with van der Waals surface area (Å²) in [5, 5.41) is 4.29. The van der Waals surface area contributed by atoms with E-state index >= 15 is 0 Å². The number of esters is 1. The summed E-state index contributed by atoms with van der Waals surface area (Å²) in [6.07, 6.45) is 7.91. The van der Waals surface area contributed by atoms with Gasteiger partial charge in [-0.25, -0.2) is 4.79 Å². The average molecular weight is 334 g/mol. The van der Waals surface area contributed by atoms with E-state index in [2.05, 4.69) is 5.10 Å². The summed E-state index contributed by atoms with van der Waals surface area (Å²) in [4.78, 5) is 27.8. The van der Waals surface area contributed by atoms with Crippen molar-refractivity contribution >= 4 is 12.0 Å². The summed E-state index contributed by atoms with van der Waals surface area (Å²) in [5.74, 6) is -0.217. The Balaban J connectivity index is 1.52. The smallest absolute Gasteiger partial charge is 0.319 e. The number of amides is 2. The molecule has 1 aromatic rings. The zero-order valence-corrected chi connectivity index (χ0v) is 14.4. The lowest BCUT2D eigenvalue weighted by molar-refractivity contribution is -0.157. The van der Waals surface area contributed by atoms with Gasteiger partial charge in [-0.3, -0.25) is 9.48 Å². The van der Waals surface area contributed by atoms with Crippen LogP contribution in [-0.4, -0.2) is 64.9 Å². The van der Waals surface area contributed by atoms with Crippen molar-refractivity contribution in [3.05, 3.63) is 18.5 Å². The van der Waals surface area contributed by atoms with Gasteiger partial charge in [0.05, 0.1) is 12.0 Å². The van der Waals surface area contributed by atoms with Crippen LogP contribution in [0.3, 0.4) is 0 Å². The van der Waals surface area contributed by atoms with E-state index in [1.54, 1.807) is 30.1 Å². The molecular weight excluding hydrogens is 308 g/mol. The molecule has 3 rings (SSSR count). The molecule has 1 saturated heterocycles. The number of hydrogen-bond donors (Lipinski definition) is 0. The molecule has 132 valence electrons. The van der Waals surface area contributed by atoms with Crippen LogP contribution < -0.4 is 0 Å². The number of aromatic nitrogens is 2. The highest BCUT2D eigenvalue weighted by Crippen LogP contribution is 2.33. The molecule has 2 heterocycles. The van der Waals surface area contributed by atoms with Crippen LogP contribution >= 0.6 is 0 Å². The third-order valence-electron chi connectivity index (χ3n) is 5.03. The predicted molar refractivity (Wildman–Crippen MR) is 88.4 cm³/mol. The molecule has 1 aromatic heterocycles. The molecule has 0 unspecified atom stereocenters. The number of hydrogen-bond acceptors (Lipinski definition) is 4. The fraction of sp³-hybridized carbons (Fsp3) is 0.706. The zero-order valence-electron chi connectivity index (χ0n) is 14.4. The predicted octanol–water partition coefficient (Wildman–Crippen LogP) is 1.91. The minimum atomic E-state index is -0.115. The molecule has 0 aromatic carbocycles. The molecule has 7 heteroatoms. The van der Waals surface area contributed by atoms with Gasteiger partial charge in [-0.2, -0.15) is 5.10 Å². The van der Waals surface area contributed by atoms with E-state index < -0.39 is 0 Å². The number of carbonyl (C=O) groups excluding carboxylic acids is 2. The molecule has 0 spiro atoms. The van der Waals surface area contributed by atoms with Gasteiger partial charge in [-0.05, 0) is 38.2 Å². The quantitative estimate of drug-likeness (QED) is 0.792. The highest BCUT2D eigenvalue weighted by atomic mass is 16.5. The van der Waals surface area contributed by atoms with Crippen LogP contribution in [0.1, 0.15) is 38.1 Å². The Morgan fingerprint density at radius 3 is 2.54 bits per heavy atom. The Bertz CT molecular complexity index is 564. The minimum absolute atomic E-state index is 0.0105. The van der Waals surface area contributed by atoms with Gasteiger partial charge in [0.15, 0.2) is 0 Å². The Kier molecular flexibility index (Phi) is 5.06. The lowest BCUT2D eigenvalue weighted by Crippen LogP contribution is -2.45. The van der Waals surface area contributed by atoms with E-state index in [-0.39, 0.29) is 30.1 Å². The van der Waals surface area contributed by atoms with Gasteiger partial charge in [0.2, 0.25) is 0 Å². The highest BCUT2D eigenvalue weighted by molar-refractivity contribution is 5.75. The molecule has 1 aliphatic carbocycles. The van der Waals surface area contributed by atoms with E-state index in [4.69, 9.17) is 4.74 Å². The summed E-state index contributed by atoms with van der Waals surface area (Å²) >= 11 is 0. The van der Waals surface area contributed by atoms with Crippen molar-refractivity contribution in [1.29, 1.82) is 0 Å². The summed E-state index contributed by atoms with van der Waals surface area (Å²) in [7, 11) is 3.50. The topological polar surface area (TPSA) is 67.7 Å². The number of likely N-dealkylation sites (tertiary alicyclic amines) is 1. The summed E-state index contributed by atoms with van der Waals surface area (Å²) < 4.78 is 7.72. The largest absolute Gasteiger partial charge is 0.460 e. The Morgan fingerprint density at radius 1 is 1.17 bits per heavy atom. The van der Waals surface area contributed by atoms with Crippen LogP contribution in [0.15, 0.2) is 18.5 Å². The van der Waals surface area contributed by atoms with E-state index in [9.17, 15) is 9.59 Å². The molecule has 1 saturated carbocycles. The maximum absolute atomic E-state index is 12.5. The van der Waals surface area contributed by atoms with E-state index in [1.807, 2.05) is 16.9 Å². The van der Waals surface area contributed by atoms with Crippen LogP contribution in [-0.2, 0) is 9.53 Å². The molecule has 0 N–H and O–H groups in total. The van der Waals surface area contributed by atoms with E-state index in [1.165, 1.54) is 0 Å². The maximum Gasteiger partial charge on any atom is 0.319 e. The third-order valence-corrected chi connectivity index (χ3v) is 5.03. The standard InChI is InChI=1S/C17H26N4O3/c1-19(2)17(23)20-11-7-13(8-12-20)16(22)24-15-6-3-5-14(15)21-10-4-9-18-21/h4,9-10,13-15H,3,5-8,11-12H2,1-2H3/t14-,15-/m1/s1. The number of piperidine rings is 1. The molecule has 24 heavy (non-hydrogen) atoms. The van der Waals surface area contributed by atoms with Gasteiger partial charge in [-0.15, -0.1) is 0 Å². The van der Waals surface area contributed by atoms with Crippen LogP contribution in [0.25, 0.3) is 0 Å². The molecule has 0 bridgehead atoms. The van der Waals surface area contributed by atoms with Crippen molar-refractivity contribution in [2.24, 2.45) is 5.92 Å². The van der Waals surface area contributed by atoms with Gasteiger partial charge in [0.1, 0.15) is 6.10 Å². The van der Waals surface area contributed by atoms with Crippen molar-refractivity contribution in [3.8, 4) is 0 Å². The Hall–Kier alpha value is -2.05. The summed E-state index contributed by atoms with van der Waals surface area (Å²) in [5.41, 5.74) is 0. The number of carbonyl (C=O) groups is 2. The molecular formula is C17H26N4O3. The van der Waals surface area contributed by atoms with Gasteiger partial charge in [0.25, 0.3) is 0 Å². The van der Waals surface area contributed by atoms with Crippen LogP contribution in [0.2, 0.25) is 0 Å². The minimum Gasteiger partial charge on any atom is -0.460 e. The Labute approximate surface area is 142 Å². The fourth-order valence-electron chi connectivity index (χ4n) is 3.66. The first-order valence-electron chi connectivity index (χ1n) is 8.72. The zero-order chi connectivity index (χ0) is 17.1. The summed E-state index contributed by atoms with van der Waals surface area (Å²) in [6, 6.07) is 2.06. The molecule has 2 fully saturated rings. The highest BCUT2D eigenvalue weighted by Gasteiger charge is 2.35. The fourth-order valence-corrected chi connectivity index (χ4v) is 3.66. The first-order valence-corrected chi connectivity index (χ1v) is 8.72. The van der Waals surface area contributed by atoms with Crippen LogP contribution in [0.4, 0.5) is 4.79 Å². The second-order valence-electron chi connectivity index (χ2n) is 6.90. The number of urea groups is 1. The average Bonchev–Trinajstić information content (AvgIpc) is 3.25. The van der Waals surface area contributed by atoms with Crippen molar-refractivity contribution in [1.82, 2.24) is 19.6 Å². The van der Waals surface area contributed by atoms with Crippen molar-refractivity contribution in [3.63, 3.8) is 0 Å². The van der Waals surface area contributed by atoms with Gasteiger partial charge in [-0.1, -0.05) is 0 Å². The molecule has 2 aliphatic rings. The van der Waals surface area contributed by atoms with E-state index in [0.717, 1.165) is 19.3 Å². The second kappa shape index (κ2) is 7.23. The number of nitrogens with zero attached hydrogens (tertiary/aromatic N) is 4. The summed E-state index contributed by atoms with van der Waals surface area (Å²) in [6.45, 7) is 1.23. The van der Waals surface area contributed by atoms with E-state index in [0.29, 0.717) is 25.9 Å². The first kappa shape index (κ1) is 16.8. The normalized spacial score (nSPS) is 24.8. The van der Waals surface area contributed by atoms with Crippen molar-refractivity contribution < 1.29 is 14.3 Å². The lowest BCUT2D eigenvalue weighted by atomic mass is 9.97. The molecule has 0 radical (unpaired) electrons. The monoisotopic (exact) mass is 334 g/mol. The van der Waals surface area contributed by atoms with Gasteiger partial charge >= 0.3 is 12.0 Å². The van der Waals surface area contributed by atoms with Crippen LogP contribution in [0, 0.1) is 5.92 Å². The van der Waals surface area contributed by atoms with Gasteiger partial charge < -0.3 is 14.5 Å². The first-order chi connectivity index (χ1) is 11.6. The maximum atomic E-state index is 12.5. The molecule has 1 aliphatic heterocycles.